The third-order valence-corrected chi connectivity index (χ3v) is 4.88. The largest absolute Gasteiger partial charge is 0.360 e. The molecule has 0 bridgehead atoms. The lowest BCUT2D eigenvalue weighted by atomic mass is 9.96. The Kier molecular flexibility index (Phi) is 4.26. The van der Waals surface area contributed by atoms with Crippen molar-refractivity contribution >= 4 is 44.8 Å². The highest BCUT2D eigenvalue weighted by Crippen LogP contribution is 2.29. The van der Waals surface area contributed by atoms with Gasteiger partial charge in [-0.25, -0.2) is 0 Å². The minimum absolute atomic E-state index is 0.483. The van der Waals surface area contributed by atoms with Crippen LogP contribution in [-0.4, -0.2) is 21.1 Å². The quantitative estimate of drug-likeness (QED) is 0.536. The van der Waals surface area contributed by atoms with E-state index in [2.05, 4.69) is 32.7 Å². The van der Waals surface area contributed by atoms with Crippen molar-refractivity contribution in [2.45, 2.75) is 38.1 Å². The van der Waals surface area contributed by atoms with E-state index in [-0.39, 0.29) is 0 Å². The SMILES string of the molecule is S=C(Nc1cc2ncccc2c2cccnc12)NC1CCCCC1. The molecule has 0 unspecified atom stereocenters. The van der Waals surface area contributed by atoms with Gasteiger partial charge in [-0.05, 0) is 43.3 Å². The van der Waals surface area contributed by atoms with Crippen molar-refractivity contribution in [3.63, 3.8) is 0 Å². The van der Waals surface area contributed by atoms with Crippen molar-refractivity contribution in [1.82, 2.24) is 15.3 Å². The van der Waals surface area contributed by atoms with Crippen molar-refractivity contribution in [3.05, 3.63) is 42.7 Å². The molecule has 3 aromatic rings. The molecule has 4 rings (SSSR count). The third kappa shape index (κ3) is 3.04. The zero-order chi connectivity index (χ0) is 16.4. The van der Waals surface area contributed by atoms with Gasteiger partial charge < -0.3 is 10.6 Å². The first-order valence-corrected chi connectivity index (χ1v) is 8.92. The number of benzene rings is 1. The van der Waals surface area contributed by atoms with Crippen LogP contribution in [0.15, 0.2) is 42.7 Å². The van der Waals surface area contributed by atoms with Crippen molar-refractivity contribution in [3.8, 4) is 0 Å². The maximum absolute atomic E-state index is 5.53. The molecule has 1 saturated carbocycles. The molecule has 122 valence electrons. The van der Waals surface area contributed by atoms with E-state index in [1.54, 1.807) is 0 Å². The number of rotatable bonds is 2. The molecule has 24 heavy (non-hydrogen) atoms. The van der Waals surface area contributed by atoms with E-state index in [4.69, 9.17) is 12.2 Å². The number of nitrogens with one attached hydrogen (secondary N) is 2. The zero-order valence-corrected chi connectivity index (χ0v) is 14.3. The van der Waals surface area contributed by atoms with Crippen LogP contribution in [0.25, 0.3) is 21.8 Å². The molecule has 2 heterocycles. The summed E-state index contributed by atoms with van der Waals surface area (Å²) < 4.78 is 0. The van der Waals surface area contributed by atoms with Gasteiger partial charge in [-0.3, -0.25) is 9.97 Å². The molecule has 0 radical (unpaired) electrons. The molecule has 2 N–H and O–H groups in total. The fraction of sp³-hybridized carbons (Fsp3) is 0.316. The highest BCUT2D eigenvalue weighted by Gasteiger charge is 2.15. The fourth-order valence-corrected chi connectivity index (χ4v) is 3.77. The summed E-state index contributed by atoms with van der Waals surface area (Å²) in [5.41, 5.74) is 2.77. The monoisotopic (exact) mass is 336 g/mol. The second kappa shape index (κ2) is 6.69. The Morgan fingerprint density at radius 2 is 1.75 bits per heavy atom. The minimum atomic E-state index is 0.483. The van der Waals surface area contributed by atoms with E-state index in [9.17, 15) is 0 Å². The number of aromatic nitrogens is 2. The van der Waals surface area contributed by atoms with Gasteiger partial charge in [0.05, 0.1) is 16.7 Å². The van der Waals surface area contributed by atoms with Crippen molar-refractivity contribution in [2.75, 3.05) is 5.32 Å². The van der Waals surface area contributed by atoms with E-state index in [0.29, 0.717) is 11.2 Å². The van der Waals surface area contributed by atoms with Crippen LogP contribution in [0, 0.1) is 0 Å². The maximum Gasteiger partial charge on any atom is 0.171 e. The number of hydrogen-bond acceptors (Lipinski definition) is 3. The number of pyridine rings is 2. The Balaban J connectivity index is 1.66. The van der Waals surface area contributed by atoms with Crippen LogP contribution in [-0.2, 0) is 0 Å². The normalized spacial score (nSPS) is 15.5. The Morgan fingerprint density at radius 3 is 2.58 bits per heavy atom. The van der Waals surface area contributed by atoms with E-state index in [0.717, 1.165) is 27.5 Å². The Bertz CT molecular complexity index is 887. The van der Waals surface area contributed by atoms with Gasteiger partial charge in [0.15, 0.2) is 5.11 Å². The lowest BCUT2D eigenvalue weighted by Gasteiger charge is -2.24. The van der Waals surface area contributed by atoms with Crippen LogP contribution >= 0.6 is 12.2 Å². The van der Waals surface area contributed by atoms with E-state index < -0.39 is 0 Å². The third-order valence-electron chi connectivity index (χ3n) is 4.66. The average Bonchev–Trinajstić information content (AvgIpc) is 2.63. The Morgan fingerprint density at radius 1 is 1.00 bits per heavy atom. The van der Waals surface area contributed by atoms with Crippen LogP contribution in [0.5, 0.6) is 0 Å². The summed E-state index contributed by atoms with van der Waals surface area (Å²) >= 11 is 5.53. The lowest BCUT2D eigenvalue weighted by Crippen LogP contribution is -2.38. The predicted molar refractivity (Wildman–Crippen MR) is 103 cm³/mol. The molecular weight excluding hydrogens is 316 g/mol. The fourth-order valence-electron chi connectivity index (χ4n) is 3.49. The van der Waals surface area contributed by atoms with E-state index >= 15 is 0 Å². The van der Waals surface area contributed by atoms with Crippen LogP contribution in [0.3, 0.4) is 0 Å². The minimum Gasteiger partial charge on any atom is -0.360 e. The van der Waals surface area contributed by atoms with Crippen LogP contribution in [0.2, 0.25) is 0 Å². The van der Waals surface area contributed by atoms with Gasteiger partial charge in [-0.15, -0.1) is 0 Å². The first-order chi connectivity index (χ1) is 11.8. The molecule has 0 spiro atoms. The van der Waals surface area contributed by atoms with E-state index in [1.165, 1.54) is 32.1 Å². The first kappa shape index (κ1) is 15.3. The summed E-state index contributed by atoms with van der Waals surface area (Å²) in [7, 11) is 0. The summed E-state index contributed by atoms with van der Waals surface area (Å²) in [6, 6.07) is 10.6. The number of thiocarbonyl (C=S) groups is 1. The molecule has 0 saturated heterocycles. The van der Waals surface area contributed by atoms with Gasteiger partial charge in [-0.2, -0.15) is 0 Å². The molecule has 0 atom stereocenters. The van der Waals surface area contributed by atoms with Gasteiger partial charge in [0, 0.05) is 29.2 Å². The summed E-state index contributed by atoms with van der Waals surface area (Å²) in [5, 5.41) is 9.66. The molecule has 1 fully saturated rings. The zero-order valence-electron chi connectivity index (χ0n) is 13.5. The average molecular weight is 336 g/mol. The Hall–Kier alpha value is -2.27. The maximum atomic E-state index is 5.53. The summed E-state index contributed by atoms with van der Waals surface area (Å²) in [6.07, 6.45) is 9.92. The van der Waals surface area contributed by atoms with Crippen LogP contribution in [0.4, 0.5) is 5.69 Å². The van der Waals surface area contributed by atoms with Gasteiger partial charge in [-0.1, -0.05) is 31.4 Å². The molecule has 0 aliphatic heterocycles. The molecule has 5 heteroatoms. The summed E-state index contributed by atoms with van der Waals surface area (Å²) in [4.78, 5) is 9.04. The number of hydrogen-bond donors (Lipinski definition) is 2. The molecular formula is C19H20N4S. The highest BCUT2D eigenvalue weighted by molar-refractivity contribution is 7.80. The smallest absolute Gasteiger partial charge is 0.171 e. The van der Waals surface area contributed by atoms with Gasteiger partial charge in [0.2, 0.25) is 0 Å². The van der Waals surface area contributed by atoms with Crippen molar-refractivity contribution in [1.29, 1.82) is 0 Å². The number of nitrogens with zero attached hydrogens (tertiary/aromatic N) is 2. The lowest BCUT2D eigenvalue weighted by molar-refractivity contribution is 0.415. The van der Waals surface area contributed by atoms with Crippen molar-refractivity contribution < 1.29 is 0 Å². The Labute approximate surface area is 146 Å². The molecule has 1 aliphatic rings. The van der Waals surface area contributed by atoms with Crippen LogP contribution in [0.1, 0.15) is 32.1 Å². The van der Waals surface area contributed by atoms with Crippen LogP contribution < -0.4 is 10.6 Å². The molecule has 4 nitrogen and oxygen atoms in total. The molecule has 2 aromatic heterocycles. The topological polar surface area (TPSA) is 49.8 Å². The van der Waals surface area contributed by atoms with Crippen molar-refractivity contribution in [2.24, 2.45) is 0 Å². The molecule has 1 aromatic carbocycles. The molecule has 1 aliphatic carbocycles. The second-order valence-corrected chi connectivity index (χ2v) is 6.74. The first-order valence-electron chi connectivity index (χ1n) is 8.51. The van der Waals surface area contributed by atoms with E-state index in [1.807, 2.05) is 30.6 Å². The predicted octanol–water partition coefficient (Wildman–Crippen LogP) is 4.40. The highest BCUT2D eigenvalue weighted by atomic mass is 32.1. The molecule has 0 amide bonds. The number of anilines is 1. The standard InChI is InChI=1S/C19H20N4S/c24-19(22-13-6-2-1-3-7-13)23-17-12-16-14(8-4-10-20-16)15-9-5-11-21-18(15)17/h4-5,8-13H,1-3,6-7H2,(H2,22,23,24). The van der Waals surface area contributed by atoms with Gasteiger partial charge in [0.1, 0.15) is 0 Å². The summed E-state index contributed by atoms with van der Waals surface area (Å²) in [5.74, 6) is 0. The van der Waals surface area contributed by atoms with Gasteiger partial charge in [0.25, 0.3) is 0 Å². The second-order valence-electron chi connectivity index (χ2n) is 6.33. The van der Waals surface area contributed by atoms with Gasteiger partial charge >= 0.3 is 0 Å². The summed E-state index contributed by atoms with van der Waals surface area (Å²) in [6.45, 7) is 0. The number of fused-ring (bicyclic) bond motifs is 3.